The van der Waals surface area contributed by atoms with Crippen LogP contribution in [0.1, 0.15) is 0 Å². The van der Waals surface area contributed by atoms with Gasteiger partial charge in [-0.05, 0) is 0 Å². The maximum absolute atomic E-state index is 10.5. The summed E-state index contributed by atoms with van der Waals surface area (Å²) in [6.07, 6.45) is -0.583. The van der Waals surface area contributed by atoms with E-state index < -0.39 is 0 Å². The minimum absolute atomic E-state index is 0.136. The maximum Gasteiger partial charge on any atom is 0.318 e. The Morgan fingerprint density at radius 2 is 1.19 bits per heavy atom. The predicted octanol–water partition coefficient (Wildman–Crippen LogP) is -1.22. The fourth-order valence-corrected chi connectivity index (χ4v) is 2.18. The van der Waals surface area contributed by atoms with Crippen LogP contribution in [0.4, 0.5) is 21.5 Å². The summed E-state index contributed by atoms with van der Waals surface area (Å²) < 4.78 is 0. The summed E-state index contributed by atoms with van der Waals surface area (Å²) in [5, 5.41) is 10.0. The van der Waals surface area contributed by atoms with Crippen molar-refractivity contribution in [3.63, 3.8) is 0 Å². The van der Waals surface area contributed by atoms with Crippen LogP contribution >= 0.6 is 0 Å². The van der Waals surface area contributed by atoms with Gasteiger partial charge in [0.05, 0.1) is 0 Å². The van der Waals surface area contributed by atoms with Crippen LogP contribution in [0.3, 0.4) is 0 Å². The number of urea groups is 2. The van der Waals surface area contributed by atoms with Gasteiger partial charge in [-0.2, -0.15) is 15.0 Å². The second-order valence-corrected chi connectivity index (χ2v) is 4.93. The summed E-state index contributed by atoms with van der Waals surface area (Å²) in [6.45, 7) is 2.00. The zero-order chi connectivity index (χ0) is 19.1. The number of carbonyl (C=O) groups is 3. The van der Waals surface area contributed by atoms with Crippen molar-refractivity contribution < 1.29 is 14.4 Å². The highest BCUT2D eigenvalue weighted by molar-refractivity contribution is 5.84. The first-order valence-corrected chi connectivity index (χ1v) is 7.26. The Kier molecular flexibility index (Phi) is 5.82. The number of fused-ring (bicyclic) bond motifs is 1. The molecule has 2 aliphatic heterocycles. The number of hydrogen-bond acceptors (Lipinski definition) is 8. The van der Waals surface area contributed by atoms with Crippen LogP contribution in [0.25, 0.3) is 11.4 Å². The molecule has 0 bridgehead atoms. The van der Waals surface area contributed by atoms with Gasteiger partial charge >= 0.3 is 12.1 Å². The lowest BCUT2D eigenvalue weighted by molar-refractivity contribution is -0.0980. The van der Waals surface area contributed by atoms with Crippen LogP contribution in [0, 0.1) is 0 Å². The topological polar surface area (TPSA) is 190 Å². The molecule has 3 heterocycles. The van der Waals surface area contributed by atoms with E-state index in [1.165, 1.54) is 0 Å². The van der Waals surface area contributed by atoms with Gasteiger partial charge < -0.3 is 37.5 Å². The SMILES string of the molecule is C=O.Nc1nc(N)nc(-c2ccccc2)n1.O=C1NC2NC(=O)NC2N1. The van der Waals surface area contributed by atoms with Crippen molar-refractivity contribution in [3.8, 4) is 11.4 Å². The maximum atomic E-state index is 10.5. The zero-order valence-corrected chi connectivity index (χ0v) is 13.5. The molecule has 136 valence electrons. The van der Waals surface area contributed by atoms with E-state index in [9.17, 15) is 9.59 Å². The van der Waals surface area contributed by atoms with Gasteiger partial charge in [0.2, 0.25) is 11.9 Å². The number of nitrogens with two attached hydrogens (primary N) is 2. The summed E-state index contributed by atoms with van der Waals surface area (Å²) in [5.41, 5.74) is 11.8. The van der Waals surface area contributed by atoms with E-state index in [0.717, 1.165) is 5.56 Å². The molecule has 26 heavy (non-hydrogen) atoms. The van der Waals surface area contributed by atoms with E-state index in [0.29, 0.717) is 5.82 Å². The van der Waals surface area contributed by atoms with Crippen LogP contribution in [-0.4, -0.2) is 46.1 Å². The first-order valence-electron chi connectivity index (χ1n) is 7.26. The molecule has 4 rings (SSSR count). The van der Waals surface area contributed by atoms with Gasteiger partial charge in [-0.3, -0.25) is 0 Å². The number of anilines is 2. The molecule has 8 N–H and O–H groups in total. The molecule has 0 saturated carbocycles. The summed E-state index contributed by atoms with van der Waals surface area (Å²) in [5.74, 6) is 0.767. The smallest absolute Gasteiger partial charge is 0.318 e. The number of nitrogens with one attached hydrogen (secondary N) is 4. The summed E-state index contributed by atoms with van der Waals surface area (Å²) in [4.78, 5) is 40.8. The van der Waals surface area contributed by atoms with Crippen molar-refractivity contribution in [3.05, 3.63) is 30.3 Å². The molecular weight excluding hydrogens is 342 g/mol. The first kappa shape index (κ1) is 18.4. The van der Waals surface area contributed by atoms with Crippen molar-refractivity contribution in [1.29, 1.82) is 0 Å². The fraction of sp³-hybridized carbons (Fsp3) is 0.143. The standard InChI is InChI=1S/C9H9N5.C4H6N4O2.CH2O/c10-8-12-7(13-9(11)14-8)6-4-2-1-3-5-6;9-3-5-1-2(7-3)8-4(10)6-1;1-2/h1-5H,(H4,10,11,12,13,14);1-2H,(H2,5,7,9)(H2,6,8,10);1H2. The Labute approximate surface area is 147 Å². The van der Waals surface area contributed by atoms with E-state index in [-0.39, 0.29) is 36.3 Å². The van der Waals surface area contributed by atoms with Crippen molar-refractivity contribution in [1.82, 2.24) is 36.2 Å². The molecule has 12 nitrogen and oxygen atoms in total. The van der Waals surface area contributed by atoms with Crippen LogP contribution in [0.15, 0.2) is 30.3 Å². The first-order chi connectivity index (χ1) is 12.5. The van der Waals surface area contributed by atoms with Crippen molar-refractivity contribution in [2.75, 3.05) is 11.5 Å². The molecule has 2 aromatic rings. The largest absolute Gasteiger partial charge is 0.368 e. The Morgan fingerprint density at radius 3 is 1.62 bits per heavy atom. The third kappa shape index (κ3) is 4.53. The number of hydrogen-bond donors (Lipinski definition) is 6. The van der Waals surface area contributed by atoms with E-state index in [1.807, 2.05) is 37.1 Å². The van der Waals surface area contributed by atoms with Gasteiger partial charge in [-0.15, -0.1) is 0 Å². The fourth-order valence-electron chi connectivity index (χ4n) is 2.18. The molecule has 0 unspecified atom stereocenters. The third-order valence-electron chi connectivity index (χ3n) is 3.18. The molecule has 12 heteroatoms. The molecule has 0 aliphatic carbocycles. The number of rotatable bonds is 1. The highest BCUT2D eigenvalue weighted by Crippen LogP contribution is 2.14. The molecule has 0 radical (unpaired) electrons. The second-order valence-electron chi connectivity index (χ2n) is 4.93. The van der Waals surface area contributed by atoms with Gasteiger partial charge in [0.15, 0.2) is 5.82 Å². The highest BCUT2D eigenvalue weighted by Gasteiger charge is 2.38. The molecule has 0 atom stereocenters. The normalized spacial score (nSPS) is 19.2. The van der Waals surface area contributed by atoms with Gasteiger partial charge in [0.25, 0.3) is 0 Å². The van der Waals surface area contributed by atoms with Crippen LogP contribution in [0.2, 0.25) is 0 Å². The average Bonchev–Trinajstić information content (AvgIpc) is 3.12. The van der Waals surface area contributed by atoms with E-state index in [1.54, 1.807) is 0 Å². The average molecular weight is 359 g/mol. The third-order valence-corrected chi connectivity index (χ3v) is 3.18. The molecule has 2 saturated heterocycles. The van der Waals surface area contributed by atoms with E-state index >= 15 is 0 Å². The Balaban J connectivity index is 0.000000178. The molecule has 0 spiro atoms. The minimum Gasteiger partial charge on any atom is -0.368 e. The number of nitrogen functional groups attached to an aromatic ring is 2. The quantitative estimate of drug-likeness (QED) is 0.365. The number of amides is 4. The summed E-state index contributed by atoms with van der Waals surface area (Å²) in [6, 6.07) is 8.95. The number of nitrogens with zero attached hydrogens (tertiary/aromatic N) is 3. The lowest BCUT2D eigenvalue weighted by atomic mass is 10.2. The van der Waals surface area contributed by atoms with Crippen LogP contribution in [0.5, 0.6) is 0 Å². The lowest BCUT2D eigenvalue weighted by Crippen LogP contribution is -2.39. The molecule has 2 aliphatic rings. The van der Waals surface area contributed by atoms with Crippen LogP contribution < -0.4 is 32.7 Å². The number of carbonyl (C=O) groups excluding carboxylic acids is 3. The van der Waals surface area contributed by atoms with Gasteiger partial charge in [-0.25, -0.2) is 9.59 Å². The van der Waals surface area contributed by atoms with Crippen molar-refractivity contribution in [2.24, 2.45) is 0 Å². The van der Waals surface area contributed by atoms with E-state index in [4.69, 9.17) is 16.3 Å². The Hall–Kier alpha value is -3.96. The monoisotopic (exact) mass is 359 g/mol. The Morgan fingerprint density at radius 1 is 0.769 bits per heavy atom. The summed E-state index contributed by atoms with van der Waals surface area (Å²) >= 11 is 0. The Bertz CT molecular complexity index is 728. The molecule has 4 amide bonds. The van der Waals surface area contributed by atoms with Crippen LogP contribution in [-0.2, 0) is 4.79 Å². The van der Waals surface area contributed by atoms with Gasteiger partial charge in [-0.1, -0.05) is 30.3 Å². The van der Waals surface area contributed by atoms with Crippen molar-refractivity contribution in [2.45, 2.75) is 12.3 Å². The van der Waals surface area contributed by atoms with Gasteiger partial charge in [0.1, 0.15) is 19.1 Å². The number of aromatic nitrogens is 3. The zero-order valence-electron chi connectivity index (χ0n) is 13.5. The predicted molar refractivity (Wildman–Crippen MR) is 92.1 cm³/mol. The van der Waals surface area contributed by atoms with Gasteiger partial charge in [0, 0.05) is 5.56 Å². The van der Waals surface area contributed by atoms with Crippen molar-refractivity contribution >= 4 is 30.7 Å². The summed E-state index contributed by atoms with van der Waals surface area (Å²) in [7, 11) is 0. The number of benzene rings is 1. The molecular formula is C14H17N9O3. The molecule has 1 aromatic heterocycles. The highest BCUT2D eigenvalue weighted by atomic mass is 16.2. The second kappa shape index (κ2) is 8.23. The molecule has 2 fully saturated rings. The molecule has 1 aromatic carbocycles. The van der Waals surface area contributed by atoms with E-state index in [2.05, 4.69) is 36.2 Å². The lowest BCUT2D eigenvalue weighted by Gasteiger charge is -2.02. The minimum atomic E-state index is -0.292.